The number of carbonyl (C=O) groups is 1. The van der Waals surface area contributed by atoms with Crippen LogP contribution in [-0.2, 0) is 0 Å². The van der Waals surface area contributed by atoms with Gasteiger partial charge in [0.05, 0.1) is 5.52 Å². The summed E-state index contributed by atoms with van der Waals surface area (Å²) in [5.41, 5.74) is 4.51. The van der Waals surface area contributed by atoms with Crippen LogP contribution in [-0.4, -0.2) is 15.5 Å². The second-order valence-electron chi connectivity index (χ2n) is 5.35. The van der Waals surface area contributed by atoms with Gasteiger partial charge in [-0.25, -0.2) is 0 Å². The van der Waals surface area contributed by atoms with Gasteiger partial charge in [0.25, 0.3) is 0 Å². The van der Waals surface area contributed by atoms with Crippen LogP contribution in [0.4, 0.5) is 0 Å². The third kappa shape index (κ3) is 2.02. The fourth-order valence-corrected chi connectivity index (χ4v) is 3.07. The monoisotopic (exact) mass is 279 g/mol. The molecular weight excluding hydrogens is 262 g/mol. The number of benzene rings is 2. The molecule has 0 fully saturated rings. The van der Waals surface area contributed by atoms with Gasteiger partial charge in [-0.3, -0.25) is 4.79 Å². The van der Waals surface area contributed by atoms with Crippen molar-refractivity contribution in [3.8, 4) is 11.4 Å². The Hall–Kier alpha value is -2.55. The summed E-state index contributed by atoms with van der Waals surface area (Å²) < 4.78 is 2.08. The Balaban J connectivity index is 2.51. The quantitative estimate of drug-likeness (QED) is 0.716. The average molecular weight is 279 g/mol. The van der Waals surface area contributed by atoms with Gasteiger partial charge >= 0.3 is 0 Å². The molecule has 0 amide bonds. The lowest BCUT2D eigenvalue weighted by molar-refractivity contribution is 0.101. The predicted octanol–water partition coefficient (Wildman–Crippen LogP) is 4.16. The summed E-state index contributed by atoms with van der Waals surface area (Å²) in [4.78, 5) is 12.1. The van der Waals surface area contributed by atoms with Crippen LogP contribution in [0.1, 0.15) is 28.5 Å². The molecule has 0 saturated carbocycles. The molecule has 0 unspecified atom stereocenters. The number of para-hydroxylation sites is 1. The number of hydrogen-bond acceptors (Lipinski definition) is 2. The highest BCUT2D eigenvalue weighted by atomic mass is 16.3. The van der Waals surface area contributed by atoms with Gasteiger partial charge in [0, 0.05) is 22.3 Å². The Morgan fingerprint density at radius 1 is 1.10 bits per heavy atom. The fourth-order valence-electron chi connectivity index (χ4n) is 3.07. The van der Waals surface area contributed by atoms with Gasteiger partial charge in [0.15, 0.2) is 5.78 Å². The Morgan fingerprint density at radius 2 is 1.76 bits per heavy atom. The zero-order valence-corrected chi connectivity index (χ0v) is 12.3. The second-order valence-corrected chi connectivity index (χ2v) is 5.35. The van der Waals surface area contributed by atoms with Crippen molar-refractivity contribution in [2.24, 2.45) is 0 Å². The largest absolute Gasteiger partial charge is 0.508 e. The number of nitrogens with zero attached hydrogens (tertiary/aromatic N) is 1. The predicted molar refractivity (Wildman–Crippen MR) is 84.4 cm³/mol. The normalized spacial score (nSPS) is 11.0. The SMILES string of the molecule is CC(=O)c1c(C)n(-c2ccccc2)c2c(C)cc(O)cc12. The lowest BCUT2D eigenvalue weighted by Gasteiger charge is -2.10. The molecule has 0 radical (unpaired) electrons. The number of hydrogen-bond donors (Lipinski definition) is 1. The van der Waals surface area contributed by atoms with Crippen LogP contribution in [0.3, 0.4) is 0 Å². The Morgan fingerprint density at radius 3 is 2.38 bits per heavy atom. The molecule has 2 aromatic carbocycles. The van der Waals surface area contributed by atoms with Crippen LogP contribution in [0.5, 0.6) is 5.75 Å². The maximum atomic E-state index is 12.1. The van der Waals surface area contributed by atoms with E-state index in [1.807, 2.05) is 44.2 Å². The van der Waals surface area contributed by atoms with Gasteiger partial charge in [0.1, 0.15) is 5.75 Å². The van der Waals surface area contributed by atoms with Crippen LogP contribution in [0.25, 0.3) is 16.6 Å². The van der Waals surface area contributed by atoms with Crippen LogP contribution in [0.15, 0.2) is 42.5 Å². The number of rotatable bonds is 2. The van der Waals surface area contributed by atoms with E-state index in [1.54, 1.807) is 19.1 Å². The van der Waals surface area contributed by atoms with Gasteiger partial charge in [0.2, 0.25) is 0 Å². The van der Waals surface area contributed by atoms with Crippen LogP contribution >= 0.6 is 0 Å². The first-order valence-corrected chi connectivity index (χ1v) is 6.91. The van der Waals surface area contributed by atoms with Gasteiger partial charge in [-0.05, 0) is 50.6 Å². The van der Waals surface area contributed by atoms with E-state index in [2.05, 4.69) is 4.57 Å². The van der Waals surface area contributed by atoms with E-state index in [-0.39, 0.29) is 11.5 Å². The summed E-state index contributed by atoms with van der Waals surface area (Å²) in [6.07, 6.45) is 0. The summed E-state index contributed by atoms with van der Waals surface area (Å²) >= 11 is 0. The van der Waals surface area contributed by atoms with Crippen molar-refractivity contribution in [2.75, 3.05) is 0 Å². The zero-order chi connectivity index (χ0) is 15.1. The van der Waals surface area contributed by atoms with Crippen molar-refractivity contribution in [2.45, 2.75) is 20.8 Å². The molecule has 0 bridgehead atoms. The van der Waals surface area contributed by atoms with E-state index in [4.69, 9.17) is 0 Å². The minimum atomic E-state index is 0.0113. The molecule has 3 heteroatoms. The molecule has 1 N–H and O–H groups in total. The number of carbonyl (C=O) groups excluding carboxylic acids is 1. The van der Waals surface area contributed by atoms with Gasteiger partial charge in [-0.1, -0.05) is 18.2 Å². The van der Waals surface area contributed by atoms with Crippen molar-refractivity contribution < 1.29 is 9.90 Å². The molecule has 21 heavy (non-hydrogen) atoms. The Bertz CT molecular complexity index is 845. The van der Waals surface area contributed by atoms with Crippen LogP contribution < -0.4 is 0 Å². The topological polar surface area (TPSA) is 42.2 Å². The fraction of sp³-hybridized carbons (Fsp3) is 0.167. The highest BCUT2D eigenvalue weighted by Crippen LogP contribution is 2.34. The number of ketones is 1. The molecule has 0 aliphatic carbocycles. The Labute approximate surface area is 123 Å². The Kier molecular flexibility index (Phi) is 3.05. The molecule has 0 spiro atoms. The molecule has 0 aliphatic rings. The number of aromatic nitrogens is 1. The van der Waals surface area contributed by atoms with Crippen molar-refractivity contribution >= 4 is 16.7 Å². The second kappa shape index (κ2) is 4.77. The maximum absolute atomic E-state index is 12.1. The van der Waals surface area contributed by atoms with Crippen molar-refractivity contribution in [3.05, 3.63) is 59.3 Å². The van der Waals surface area contributed by atoms with E-state index in [0.29, 0.717) is 5.56 Å². The number of aryl methyl sites for hydroxylation is 1. The minimum Gasteiger partial charge on any atom is -0.508 e. The molecule has 3 aromatic rings. The molecule has 1 aromatic heterocycles. The molecule has 0 atom stereocenters. The van der Waals surface area contributed by atoms with E-state index < -0.39 is 0 Å². The molecular formula is C18H17NO2. The highest BCUT2D eigenvalue weighted by Gasteiger charge is 2.20. The van der Waals surface area contributed by atoms with E-state index in [0.717, 1.165) is 27.8 Å². The number of Topliss-reactive ketones (excluding diaryl/α,β-unsaturated/α-hetero) is 1. The summed E-state index contributed by atoms with van der Waals surface area (Å²) in [5.74, 6) is 0.199. The standard InChI is InChI=1S/C18H17NO2/c1-11-9-15(21)10-16-17(13(3)20)12(2)19(18(11)16)14-7-5-4-6-8-14/h4-10,21H,1-3H3. The number of fused-ring (bicyclic) bond motifs is 1. The summed E-state index contributed by atoms with van der Waals surface area (Å²) in [7, 11) is 0. The highest BCUT2D eigenvalue weighted by molar-refractivity contribution is 6.10. The first kappa shape index (κ1) is 13.4. The van der Waals surface area contributed by atoms with E-state index in [9.17, 15) is 9.90 Å². The van der Waals surface area contributed by atoms with Crippen LogP contribution in [0, 0.1) is 13.8 Å². The third-order valence-corrected chi connectivity index (χ3v) is 3.84. The van der Waals surface area contributed by atoms with Crippen LogP contribution in [0.2, 0.25) is 0 Å². The molecule has 0 aliphatic heterocycles. The molecule has 0 saturated heterocycles. The summed E-state index contributed by atoms with van der Waals surface area (Å²) in [5, 5.41) is 10.7. The van der Waals surface area contributed by atoms with Crippen molar-refractivity contribution in [1.82, 2.24) is 4.57 Å². The minimum absolute atomic E-state index is 0.0113. The average Bonchev–Trinajstić information content (AvgIpc) is 2.72. The van der Waals surface area contributed by atoms with Gasteiger partial charge < -0.3 is 9.67 Å². The number of phenols is 1. The number of aromatic hydroxyl groups is 1. The number of phenolic OH excluding ortho intramolecular Hbond substituents is 1. The summed E-state index contributed by atoms with van der Waals surface area (Å²) in [6.45, 7) is 5.46. The maximum Gasteiger partial charge on any atom is 0.162 e. The first-order chi connectivity index (χ1) is 10.0. The third-order valence-electron chi connectivity index (χ3n) is 3.84. The molecule has 3 nitrogen and oxygen atoms in total. The summed E-state index contributed by atoms with van der Waals surface area (Å²) in [6, 6.07) is 13.4. The van der Waals surface area contributed by atoms with Crippen molar-refractivity contribution in [3.63, 3.8) is 0 Å². The molecule has 106 valence electrons. The van der Waals surface area contributed by atoms with E-state index in [1.165, 1.54) is 0 Å². The zero-order valence-electron chi connectivity index (χ0n) is 12.3. The molecule has 1 heterocycles. The van der Waals surface area contributed by atoms with Gasteiger partial charge in [-0.2, -0.15) is 0 Å². The van der Waals surface area contributed by atoms with E-state index >= 15 is 0 Å². The van der Waals surface area contributed by atoms with Gasteiger partial charge in [-0.15, -0.1) is 0 Å². The lowest BCUT2D eigenvalue weighted by Crippen LogP contribution is -2.00. The molecule has 3 rings (SSSR count). The first-order valence-electron chi connectivity index (χ1n) is 6.91. The lowest BCUT2D eigenvalue weighted by atomic mass is 10.1. The smallest absolute Gasteiger partial charge is 0.162 e. The van der Waals surface area contributed by atoms with Crippen molar-refractivity contribution in [1.29, 1.82) is 0 Å².